The molecule has 1 N–H and O–H groups in total. The van der Waals surface area contributed by atoms with Crippen LogP contribution in [0.15, 0.2) is 40.9 Å². The fourth-order valence-electron chi connectivity index (χ4n) is 1.64. The molecule has 0 saturated carbocycles. The lowest BCUT2D eigenvalue weighted by Gasteiger charge is -2.12. The summed E-state index contributed by atoms with van der Waals surface area (Å²) in [7, 11) is 0. The summed E-state index contributed by atoms with van der Waals surface area (Å²) >= 11 is 3.36. The number of carboxylic acid groups (broad SMARTS) is 1. The van der Waals surface area contributed by atoms with Crippen LogP contribution in [0.25, 0.3) is 0 Å². The van der Waals surface area contributed by atoms with Gasteiger partial charge in [0.1, 0.15) is 0 Å². The Kier molecular flexibility index (Phi) is 5.42. The van der Waals surface area contributed by atoms with Crippen LogP contribution in [0.1, 0.15) is 25.3 Å². The van der Waals surface area contributed by atoms with E-state index in [1.807, 2.05) is 31.2 Å². The van der Waals surface area contributed by atoms with Gasteiger partial charge in [0.05, 0.1) is 5.92 Å². The molecule has 0 aliphatic rings. The number of allylic oxidation sites excluding steroid dienone is 1. The lowest BCUT2D eigenvalue weighted by molar-refractivity contribution is -0.141. The Morgan fingerprint density at radius 1 is 1.41 bits per heavy atom. The Morgan fingerprint density at radius 2 is 2.00 bits per heavy atom. The maximum atomic E-state index is 11.1. The van der Waals surface area contributed by atoms with Crippen molar-refractivity contribution in [3.8, 4) is 0 Å². The second-order valence-electron chi connectivity index (χ2n) is 4.36. The molecule has 17 heavy (non-hydrogen) atoms. The lowest BCUT2D eigenvalue weighted by atomic mass is 9.93. The van der Waals surface area contributed by atoms with Gasteiger partial charge in [-0.05, 0) is 43.9 Å². The first kappa shape index (κ1) is 14.0. The predicted octanol–water partition coefficient (Wildman–Crippen LogP) is 4.05. The number of rotatable bonds is 6. The first-order valence-electron chi connectivity index (χ1n) is 5.60. The predicted molar refractivity (Wildman–Crippen MR) is 73.0 cm³/mol. The van der Waals surface area contributed by atoms with E-state index in [-0.39, 0.29) is 5.92 Å². The molecule has 1 atom stereocenters. The van der Waals surface area contributed by atoms with Gasteiger partial charge in [-0.15, -0.1) is 6.58 Å². The number of carboxylic acids is 1. The molecule has 3 heteroatoms. The third kappa shape index (κ3) is 5.18. The van der Waals surface area contributed by atoms with Gasteiger partial charge in [0.15, 0.2) is 0 Å². The Morgan fingerprint density at radius 3 is 2.47 bits per heavy atom. The molecule has 1 rings (SSSR count). The summed E-state index contributed by atoms with van der Waals surface area (Å²) in [4.78, 5) is 11.1. The third-order valence-electron chi connectivity index (χ3n) is 2.66. The summed E-state index contributed by atoms with van der Waals surface area (Å²) < 4.78 is 1.01. The fraction of sp³-hybridized carbons (Fsp3) is 0.357. The van der Waals surface area contributed by atoms with E-state index in [9.17, 15) is 4.79 Å². The molecule has 1 aromatic carbocycles. The smallest absolute Gasteiger partial charge is 0.306 e. The minimum absolute atomic E-state index is 0.326. The molecule has 0 spiro atoms. The van der Waals surface area contributed by atoms with Crippen molar-refractivity contribution in [1.29, 1.82) is 0 Å². The lowest BCUT2D eigenvalue weighted by Crippen LogP contribution is -2.16. The number of aliphatic carboxylic acids is 1. The highest BCUT2D eigenvalue weighted by Gasteiger charge is 2.17. The molecule has 2 nitrogen and oxygen atoms in total. The van der Waals surface area contributed by atoms with E-state index in [0.717, 1.165) is 22.0 Å². The average Bonchev–Trinajstić information content (AvgIpc) is 2.26. The highest BCUT2D eigenvalue weighted by atomic mass is 79.9. The van der Waals surface area contributed by atoms with Crippen molar-refractivity contribution in [2.75, 3.05) is 0 Å². The van der Waals surface area contributed by atoms with Crippen LogP contribution < -0.4 is 0 Å². The van der Waals surface area contributed by atoms with Gasteiger partial charge in [-0.3, -0.25) is 4.79 Å². The molecule has 1 unspecified atom stereocenters. The Hall–Kier alpha value is -1.09. The van der Waals surface area contributed by atoms with Gasteiger partial charge < -0.3 is 5.11 Å². The van der Waals surface area contributed by atoms with Crippen molar-refractivity contribution in [1.82, 2.24) is 0 Å². The zero-order chi connectivity index (χ0) is 12.8. The van der Waals surface area contributed by atoms with E-state index in [1.165, 1.54) is 0 Å². The minimum Gasteiger partial charge on any atom is -0.481 e. The molecule has 0 heterocycles. The second-order valence-corrected chi connectivity index (χ2v) is 5.28. The van der Waals surface area contributed by atoms with E-state index in [2.05, 4.69) is 22.5 Å². The average molecular weight is 297 g/mol. The summed E-state index contributed by atoms with van der Waals surface area (Å²) in [6.45, 7) is 5.74. The Labute approximate surface area is 110 Å². The van der Waals surface area contributed by atoms with Gasteiger partial charge >= 0.3 is 5.97 Å². The Bertz CT molecular complexity index is 395. The van der Waals surface area contributed by atoms with Gasteiger partial charge in [-0.1, -0.05) is 33.6 Å². The quantitative estimate of drug-likeness (QED) is 0.804. The van der Waals surface area contributed by atoms with Gasteiger partial charge in [0.2, 0.25) is 0 Å². The second kappa shape index (κ2) is 6.60. The molecule has 0 fully saturated rings. The number of benzene rings is 1. The highest BCUT2D eigenvalue weighted by Crippen LogP contribution is 2.18. The van der Waals surface area contributed by atoms with Crippen LogP contribution in [0, 0.1) is 5.92 Å². The van der Waals surface area contributed by atoms with Crippen molar-refractivity contribution < 1.29 is 9.90 Å². The van der Waals surface area contributed by atoms with Gasteiger partial charge in [-0.25, -0.2) is 0 Å². The molecule has 0 aliphatic heterocycles. The van der Waals surface area contributed by atoms with Crippen molar-refractivity contribution in [3.63, 3.8) is 0 Å². The van der Waals surface area contributed by atoms with Crippen LogP contribution in [0.3, 0.4) is 0 Å². The van der Waals surface area contributed by atoms with Gasteiger partial charge in [-0.2, -0.15) is 0 Å². The Balaban J connectivity index is 2.63. The van der Waals surface area contributed by atoms with Gasteiger partial charge in [0, 0.05) is 4.47 Å². The molecule has 92 valence electrons. The maximum Gasteiger partial charge on any atom is 0.306 e. The zero-order valence-electron chi connectivity index (χ0n) is 9.95. The molecule has 0 saturated heterocycles. The van der Waals surface area contributed by atoms with Crippen molar-refractivity contribution in [2.24, 2.45) is 5.92 Å². The maximum absolute atomic E-state index is 11.1. The van der Waals surface area contributed by atoms with Crippen LogP contribution in [0.4, 0.5) is 0 Å². The van der Waals surface area contributed by atoms with E-state index >= 15 is 0 Å². The molecule has 0 aromatic heterocycles. The first-order valence-corrected chi connectivity index (χ1v) is 6.40. The summed E-state index contributed by atoms with van der Waals surface area (Å²) in [6.07, 6.45) is 2.00. The molecule has 0 bridgehead atoms. The molecule has 0 amide bonds. The van der Waals surface area contributed by atoms with E-state index in [1.54, 1.807) is 0 Å². The van der Waals surface area contributed by atoms with Gasteiger partial charge in [0.25, 0.3) is 0 Å². The largest absolute Gasteiger partial charge is 0.481 e. The van der Waals surface area contributed by atoms with E-state index < -0.39 is 5.97 Å². The first-order chi connectivity index (χ1) is 7.99. The topological polar surface area (TPSA) is 37.3 Å². The molecule has 0 radical (unpaired) electrons. The van der Waals surface area contributed by atoms with Crippen LogP contribution in [0.5, 0.6) is 0 Å². The zero-order valence-corrected chi connectivity index (χ0v) is 11.5. The number of carbonyl (C=O) groups is 1. The van der Waals surface area contributed by atoms with Crippen LogP contribution >= 0.6 is 15.9 Å². The third-order valence-corrected chi connectivity index (χ3v) is 3.19. The van der Waals surface area contributed by atoms with Crippen molar-refractivity contribution >= 4 is 21.9 Å². The SMILES string of the molecule is C=C(C)CCC(Cc1ccc(Br)cc1)C(=O)O. The number of hydrogen-bond donors (Lipinski definition) is 1. The summed E-state index contributed by atoms with van der Waals surface area (Å²) in [6, 6.07) is 7.79. The molecular weight excluding hydrogens is 280 g/mol. The number of halogens is 1. The summed E-state index contributed by atoms with van der Waals surface area (Å²) in [5, 5.41) is 9.16. The highest BCUT2D eigenvalue weighted by molar-refractivity contribution is 9.10. The van der Waals surface area contributed by atoms with Crippen LogP contribution in [-0.2, 0) is 11.2 Å². The van der Waals surface area contributed by atoms with Crippen molar-refractivity contribution in [2.45, 2.75) is 26.2 Å². The van der Waals surface area contributed by atoms with Crippen molar-refractivity contribution in [3.05, 3.63) is 46.5 Å². The normalized spacial score (nSPS) is 12.1. The van der Waals surface area contributed by atoms with E-state index in [4.69, 9.17) is 5.11 Å². The van der Waals surface area contributed by atoms with Crippen LogP contribution in [-0.4, -0.2) is 11.1 Å². The summed E-state index contributed by atoms with van der Waals surface area (Å²) in [5.41, 5.74) is 2.09. The molecule has 1 aromatic rings. The van der Waals surface area contributed by atoms with E-state index in [0.29, 0.717) is 12.8 Å². The van der Waals surface area contributed by atoms with Crippen LogP contribution in [0.2, 0.25) is 0 Å². The molecular formula is C14H17BrO2. The molecule has 0 aliphatic carbocycles. The standard InChI is InChI=1S/C14H17BrO2/c1-10(2)3-6-12(14(16)17)9-11-4-7-13(15)8-5-11/h4-5,7-8,12H,1,3,6,9H2,2H3,(H,16,17). The monoisotopic (exact) mass is 296 g/mol. The number of hydrogen-bond acceptors (Lipinski definition) is 1. The summed E-state index contributed by atoms with van der Waals surface area (Å²) in [5.74, 6) is -1.05. The fourth-order valence-corrected chi connectivity index (χ4v) is 1.90. The minimum atomic E-state index is -0.728.